The number of fused-ring (bicyclic) bond motifs is 1. The second-order valence-electron chi connectivity index (χ2n) is 5.93. The van der Waals surface area contributed by atoms with E-state index in [2.05, 4.69) is 31.0 Å². The average molecular weight is 346 g/mol. The van der Waals surface area contributed by atoms with Crippen LogP contribution in [-0.4, -0.2) is 15.4 Å². The Morgan fingerprint density at radius 1 is 1.25 bits per heavy atom. The minimum atomic E-state index is 0.262. The van der Waals surface area contributed by atoms with Crippen LogP contribution in [0.25, 0.3) is 10.8 Å². The fourth-order valence-corrected chi connectivity index (χ4v) is 3.04. The fourth-order valence-electron chi connectivity index (χ4n) is 2.40. The van der Waals surface area contributed by atoms with Crippen LogP contribution >= 0.6 is 11.8 Å². The zero-order chi connectivity index (χ0) is 16.9. The van der Waals surface area contributed by atoms with E-state index in [1.807, 2.05) is 18.2 Å². The summed E-state index contributed by atoms with van der Waals surface area (Å²) in [6, 6.07) is 5.98. The van der Waals surface area contributed by atoms with Gasteiger partial charge in [-0.15, -0.1) is 10.2 Å². The Hall–Kier alpha value is -1.95. The minimum absolute atomic E-state index is 0.262. The summed E-state index contributed by atoms with van der Waals surface area (Å²) in [5.74, 6) is 2.29. The molecule has 0 aliphatic rings. The third-order valence-electron chi connectivity index (χ3n) is 3.56. The molecule has 0 saturated heterocycles. The molecule has 24 heavy (non-hydrogen) atoms. The van der Waals surface area contributed by atoms with Gasteiger partial charge in [0.25, 0.3) is 11.1 Å². The predicted molar refractivity (Wildman–Crippen MR) is 94.4 cm³/mol. The number of unbranched alkanes of at least 4 members (excludes halogenated alkanes) is 1. The zero-order valence-corrected chi connectivity index (χ0v) is 15.1. The third-order valence-corrected chi connectivity index (χ3v) is 4.39. The number of furan rings is 1. The topological polar surface area (TPSA) is 61.3 Å². The maximum Gasteiger partial charge on any atom is 0.276 e. The van der Waals surface area contributed by atoms with Crippen molar-refractivity contribution >= 4 is 22.5 Å². The Kier molecular flexibility index (Phi) is 5.45. The number of rotatable bonds is 8. The molecule has 0 unspecified atom stereocenters. The Morgan fingerprint density at radius 3 is 2.92 bits per heavy atom. The van der Waals surface area contributed by atoms with Crippen LogP contribution in [0.5, 0.6) is 5.75 Å². The quantitative estimate of drug-likeness (QED) is 0.520. The highest BCUT2D eigenvalue weighted by Gasteiger charge is 2.10. The van der Waals surface area contributed by atoms with E-state index in [0.29, 0.717) is 16.4 Å². The molecule has 5 nitrogen and oxygen atoms in total. The Labute approximate surface area is 145 Å². The van der Waals surface area contributed by atoms with Crippen molar-refractivity contribution < 1.29 is 13.6 Å². The van der Waals surface area contributed by atoms with Crippen molar-refractivity contribution in [3.05, 3.63) is 36.1 Å². The lowest BCUT2D eigenvalue weighted by Gasteiger charge is -2.03. The predicted octanol–water partition coefficient (Wildman–Crippen LogP) is 5.24. The minimum Gasteiger partial charge on any atom is -0.484 e. The fraction of sp³-hybridized carbons (Fsp3) is 0.444. The molecule has 0 bridgehead atoms. The van der Waals surface area contributed by atoms with Crippen molar-refractivity contribution in [1.29, 1.82) is 0 Å². The standard InChI is InChI=1S/C18H22N2O3S/c1-4-5-6-16-15-8-7-14(9-13(15)10-22-16)21-11-17-19-20-18(23-17)24-12(2)3/h7-10,12H,4-6,11H2,1-3H3. The molecule has 0 radical (unpaired) electrons. The largest absolute Gasteiger partial charge is 0.484 e. The molecular formula is C18H22N2O3S. The van der Waals surface area contributed by atoms with Crippen LogP contribution in [0.3, 0.4) is 0 Å². The average Bonchev–Trinajstić information content (AvgIpc) is 3.16. The van der Waals surface area contributed by atoms with Gasteiger partial charge in [0.2, 0.25) is 0 Å². The van der Waals surface area contributed by atoms with Crippen LogP contribution in [0.4, 0.5) is 0 Å². The summed E-state index contributed by atoms with van der Waals surface area (Å²) in [6.45, 7) is 6.61. The molecular weight excluding hydrogens is 324 g/mol. The van der Waals surface area contributed by atoms with Gasteiger partial charge in [-0.05, 0) is 24.6 Å². The molecule has 0 aliphatic heterocycles. The molecule has 0 atom stereocenters. The van der Waals surface area contributed by atoms with Crippen molar-refractivity contribution in [2.75, 3.05) is 0 Å². The van der Waals surface area contributed by atoms with Crippen LogP contribution < -0.4 is 4.74 Å². The highest BCUT2D eigenvalue weighted by molar-refractivity contribution is 7.99. The molecule has 3 rings (SSSR count). The first-order valence-electron chi connectivity index (χ1n) is 8.27. The smallest absolute Gasteiger partial charge is 0.276 e. The summed E-state index contributed by atoms with van der Waals surface area (Å²) >= 11 is 1.54. The summed E-state index contributed by atoms with van der Waals surface area (Å²) in [6.07, 6.45) is 5.05. The van der Waals surface area contributed by atoms with Crippen molar-refractivity contribution in [3.63, 3.8) is 0 Å². The normalized spacial score (nSPS) is 11.5. The molecule has 0 amide bonds. The van der Waals surface area contributed by atoms with Crippen LogP contribution in [0.1, 0.15) is 45.3 Å². The number of ether oxygens (including phenoxy) is 1. The lowest BCUT2D eigenvalue weighted by molar-refractivity contribution is 0.252. The molecule has 1 aromatic carbocycles. The van der Waals surface area contributed by atoms with Gasteiger partial charge in [-0.25, -0.2) is 0 Å². The summed E-state index contributed by atoms with van der Waals surface area (Å²) in [5.41, 5.74) is 0. The summed E-state index contributed by atoms with van der Waals surface area (Å²) in [7, 11) is 0. The van der Waals surface area contributed by atoms with Gasteiger partial charge in [0, 0.05) is 22.4 Å². The number of aryl methyl sites for hydroxylation is 1. The van der Waals surface area contributed by atoms with Gasteiger partial charge in [0.1, 0.15) is 11.5 Å². The van der Waals surface area contributed by atoms with Crippen LogP contribution in [0.2, 0.25) is 0 Å². The number of thioether (sulfide) groups is 1. The van der Waals surface area contributed by atoms with Crippen molar-refractivity contribution in [2.45, 2.75) is 57.1 Å². The van der Waals surface area contributed by atoms with Gasteiger partial charge in [0.15, 0.2) is 6.61 Å². The summed E-state index contributed by atoms with van der Waals surface area (Å²) in [5, 5.41) is 11.2. The van der Waals surface area contributed by atoms with Crippen LogP contribution in [-0.2, 0) is 13.0 Å². The first-order chi connectivity index (χ1) is 11.7. The lowest BCUT2D eigenvalue weighted by atomic mass is 10.1. The van der Waals surface area contributed by atoms with Gasteiger partial charge in [-0.3, -0.25) is 0 Å². The zero-order valence-electron chi connectivity index (χ0n) is 14.2. The molecule has 0 N–H and O–H groups in total. The molecule has 0 saturated carbocycles. The van der Waals surface area contributed by atoms with E-state index in [0.717, 1.165) is 41.5 Å². The number of nitrogens with zero attached hydrogens (tertiary/aromatic N) is 2. The van der Waals surface area contributed by atoms with Crippen molar-refractivity contribution in [3.8, 4) is 5.75 Å². The molecule has 2 aromatic heterocycles. The Balaban J connectivity index is 1.64. The highest BCUT2D eigenvalue weighted by Crippen LogP contribution is 2.27. The van der Waals surface area contributed by atoms with Gasteiger partial charge in [-0.1, -0.05) is 39.0 Å². The number of benzene rings is 1. The monoisotopic (exact) mass is 346 g/mol. The SMILES string of the molecule is CCCCc1occ2cc(OCc3nnc(SC(C)C)o3)ccc12. The second-order valence-corrected chi connectivity index (χ2v) is 7.46. The van der Waals surface area contributed by atoms with E-state index < -0.39 is 0 Å². The Morgan fingerprint density at radius 2 is 2.12 bits per heavy atom. The van der Waals surface area contributed by atoms with Gasteiger partial charge in [-0.2, -0.15) is 0 Å². The van der Waals surface area contributed by atoms with Crippen LogP contribution in [0, 0.1) is 0 Å². The van der Waals surface area contributed by atoms with E-state index in [-0.39, 0.29) is 6.61 Å². The highest BCUT2D eigenvalue weighted by atomic mass is 32.2. The van der Waals surface area contributed by atoms with E-state index in [4.69, 9.17) is 13.6 Å². The summed E-state index contributed by atoms with van der Waals surface area (Å²) in [4.78, 5) is 0. The maximum absolute atomic E-state index is 5.76. The number of hydrogen-bond acceptors (Lipinski definition) is 6. The van der Waals surface area contributed by atoms with Gasteiger partial charge in [0.05, 0.1) is 6.26 Å². The molecule has 0 fully saturated rings. The lowest BCUT2D eigenvalue weighted by Crippen LogP contribution is -1.95. The van der Waals surface area contributed by atoms with E-state index >= 15 is 0 Å². The number of aromatic nitrogens is 2. The first kappa shape index (κ1) is 16.9. The third kappa shape index (κ3) is 4.12. The molecule has 0 aliphatic carbocycles. The maximum atomic E-state index is 5.76. The van der Waals surface area contributed by atoms with Crippen LogP contribution in [0.15, 0.2) is 38.5 Å². The summed E-state index contributed by atoms with van der Waals surface area (Å²) < 4.78 is 17.0. The van der Waals surface area contributed by atoms with E-state index in [9.17, 15) is 0 Å². The molecule has 3 aromatic rings. The van der Waals surface area contributed by atoms with Crippen molar-refractivity contribution in [2.24, 2.45) is 0 Å². The number of hydrogen-bond donors (Lipinski definition) is 0. The first-order valence-corrected chi connectivity index (χ1v) is 9.15. The van der Waals surface area contributed by atoms with Gasteiger partial charge < -0.3 is 13.6 Å². The van der Waals surface area contributed by atoms with E-state index in [1.165, 1.54) is 0 Å². The van der Waals surface area contributed by atoms with Gasteiger partial charge >= 0.3 is 0 Å². The molecule has 2 heterocycles. The second kappa shape index (κ2) is 7.75. The molecule has 0 spiro atoms. The van der Waals surface area contributed by atoms with E-state index in [1.54, 1.807) is 18.0 Å². The molecule has 6 heteroatoms. The Bertz CT molecular complexity index is 795. The molecule has 128 valence electrons. The van der Waals surface area contributed by atoms with Crippen molar-refractivity contribution in [1.82, 2.24) is 10.2 Å².